The second-order valence-electron chi connectivity index (χ2n) is 3.78. The summed E-state index contributed by atoms with van der Waals surface area (Å²) in [5, 5.41) is 0.952. The summed E-state index contributed by atoms with van der Waals surface area (Å²) < 4.78 is 4.60. The van der Waals surface area contributed by atoms with Gasteiger partial charge in [-0.2, -0.15) is 0 Å². The molecule has 0 aliphatic rings. The number of nitrogen functional groups attached to an aromatic ring is 1. The minimum absolute atomic E-state index is 0.215. The van der Waals surface area contributed by atoms with E-state index in [0.717, 1.165) is 22.2 Å². The number of rotatable bonds is 4. The molecule has 0 aliphatic heterocycles. The number of hydrogen-bond donors (Lipinski definition) is 1. The molecule has 2 N–H and O–H groups in total. The van der Waals surface area contributed by atoms with Crippen molar-refractivity contribution in [2.24, 2.45) is 0 Å². The zero-order valence-electron chi connectivity index (χ0n) is 10.1. The van der Waals surface area contributed by atoms with Gasteiger partial charge in [-0.15, -0.1) is 11.8 Å². The van der Waals surface area contributed by atoms with Gasteiger partial charge in [0.05, 0.1) is 18.4 Å². The zero-order chi connectivity index (χ0) is 13.0. The maximum atomic E-state index is 11.0. The first kappa shape index (κ1) is 12.7. The number of benzene rings is 1. The number of carbonyl (C=O) groups is 1. The van der Waals surface area contributed by atoms with Crippen molar-refractivity contribution < 1.29 is 9.53 Å². The summed E-state index contributed by atoms with van der Waals surface area (Å²) >= 11 is 1.50. The molecule has 0 bridgehead atoms. The predicted octanol–water partition coefficient (Wildman–Crippen LogP) is 2.22. The molecule has 0 spiro atoms. The summed E-state index contributed by atoms with van der Waals surface area (Å²) in [7, 11) is 1.39. The molecule has 18 heavy (non-hydrogen) atoms. The van der Waals surface area contributed by atoms with E-state index < -0.39 is 0 Å². The predicted molar refractivity (Wildman–Crippen MR) is 74.3 cm³/mol. The van der Waals surface area contributed by atoms with Gasteiger partial charge in [-0.3, -0.25) is 9.78 Å². The van der Waals surface area contributed by atoms with E-state index in [1.165, 1.54) is 18.9 Å². The topological polar surface area (TPSA) is 65.2 Å². The molecule has 2 aromatic rings. The van der Waals surface area contributed by atoms with Crippen molar-refractivity contribution in [1.29, 1.82) is 0 Å². The van der Waals surface area contributed by atoms with Gasteiger partial charge in [-0.05, 0) is 23.8 Å². The van der Waals surface area contributed by atoms with E-state index >= 15 is 0 Å². The Bertz CT molecular complexity index is 572. The largest absolute Gasteiger partial charge is 0.468 e. The fraction of sp³-hybridized carbons (Fsp3) is 0.231. The summed E-state index contributed by atoms with van der Waals surface area (Å²) in [5.74, 6) is 0.839. The Morgan fingerprint density at radius 2 is 2.28 bits per heavy atom. The molecule has 2 rings (SSSR count). The Balaban J connectivity index is 2.18. The summed E-state index contributed by atoms with van der Waals surface area (Å²) in [6.45, 7) is 0. The first-order valence-corrected chi connectivity index (χ1v) is 6.64. The number of nitrogens with zero attached hydrogens (tertiary/aromatic N) is 1. The molecule has 0 saturated carbocycles. The molecule has 0 atom stereocenters. The van der Waals surface area contributed by atoms with Gasteiger partial charge < -0.3 is 10.5 Å². The average molecular weight is 262 g/mol. The lowest BCUT2D eigenvalue weighted by molar-refractivity contribution is -0.137. The Morgan fingerprint density at radius 3 is 3.06 bits per heavy atom. The molecule has 0 amide bonds. The smallest absolute Gasteiger partial charge is 0.315 e. The highest BCUT2D eigenvalue weighted by Crippen LogP contribution is 2.25. The SMILES string of the molecule is COC(=O)CSCc1ccc(N)c2cccnc12. The maximum absolute atomic E-state index is 11.0. The van der Waals surface area contributed by atoms with E-state index in [0.29, 0.717) is 11.5 Å². The van der Waals surface area contributed by atoms with Crippen molar-refractivity contribution in [3.8, 4) is 0 Å². The molecule has 1 heterocycles. The van der Waals surface area contributed by atoms with Gasteiger partial charge in [0.15, 0.2) is 0 Å². The van der Waals surface area contributed by atoms with Gasteiger partial charge >= 0.3 is 5.97 Å². The molecule has 0 saturated heterocycles. The molecule has 5 heteroatoms. The number of pyridine rings is 1. The minimum atomic E-state index is -0.215. The van der Waals surface area contributed by atoms with Gasteiger partial charge in [0.1, 0.15) is 0 Å². The monoisotopic (exact) mass is 262 g/mol. The number of hydrogen-bond acceptors (Lipinski definition) is 5. The van der Waals surface area contributed by atoms with E-state index in [2.05, 4.69) is 9.72 Å². The molecular formula is C13H14N2O2S. The van der Waals surface area contributed by atoms with Crippen LogP contribution in [0, 0.1) is 0 Å². The number of thioether (sulfide) groups is 1. The number of anilines is 1. The number of methoxy groups -OCH3 is 1. The van der Waals surface area contributed by atoms with Crippen LogP contribution in [0.4, 0.5) is 5.69 Å². The highest BCUT2D eigenvalue weighted by molar-refractivity contribution is 7.99. The lowest BCUT2D eigenvalue weighted by atomic mass is 10.1. The van der Waals surface area contributed by atoms with Crippen LogP contribution in [-0.4, -0.2) is 23.8 Å². The number of fused-ring (bicyclic) bond motifs is 1. The Hall–Kier alpha value is -1.75. The van der Waals surface area contributed by atoms with E-state index in [1.807, 2.05) is 24.3 Å². The van der Waals surface area contributed by atoms with Crippen LogP contribution in [0.5, 0.6) is 0 Å². The van der Waals surface area contributed by atoms with Gasteiger partial charge in [-0.25, -0.2) is 0 Å². The third-order valence-electron chi connectivity index (χ3n) is 2.59. The average Bonchev–Trinajstić information content (AvgIpc) is 2.41. The van der Waals surface area contributed by atoms with Gasteiger partial charge in [0.2, 0.25) is 0 Å². The van der Waals surface area contributed by atoms with Crippen LogP contribution in [0.15, 0.2) is 30.5 Å². The van der Waals surface area contributed by atoms with Crippen molar-refractivity contribution in [2.75, 3.05) is 18.6 Å². The minimum Gasteiger partial charge on any atom is -0.468 e. The Kier molecular flexibility index (Phi) is 4.04. The van der Waals surface area contributed by atoms with Crippen molar-refractivity contribution in [3.63, 3.8) is 0 Å². The van der Waals surface area contributed by atoms with Crippen LogP contribution in [0.3, 0.4) is 0 Å². The van der Waals surface area contributed by atoms with E-state index in [1.54, 1.807) is 6.20 Å². The number of ether oxygens (including phenoxy) is 1. The fourth-order valence-electron chi connectivity index (χ4n) is 1.67. The lowest BCUT2D eigenvalue weighted by Crippen LogP contribution is -2.03. The van der Waals surface area contributed by atoms with E-state index in [4.69, 9.17) is 5.73 Å². The highest BCUT2D eigenvalue weighted by Gasteiger charge is 2.06. The van der Waals surface area contributed by atoms with Crippen molar-refractivity contribution in [2.45, 2.75) is 5.75 Å². The van der Waals surface area contributed by atoms with Gasteiger partial charge in [-0.1, -0.05) is 6.07 Å². The molecule has 1 aromatic heterocycles. The zero-order valence-corrected chi connectivity index (χ0v) is 10.9. The van der Waals surface area contributed by atoms with Crippen LogP contribution in [0.2, 0.25) is 0 Å². The van der Waals surface area contributed by atoms with Gasteiger partial charge in [0, 0.05) is 23.0 Å². The quantitative estimate of drug-likeness (QED) is 0.676. The first-order valence-electron chi connectivity index (χ1n) is 5.49. The first-order chi connectivity index (χ1) is 8.72. The molecule has 0 fully saturated rings. The summed E-state index contributed by atoms with van der Waals surface area (Å²) in [6.07, 6.45) is 1.75. The van der Waals surface area contributed by atoms with Crippen LogP contribution in [0.1, 0.15) is 5.56 Å². The number of aromatic nitrogens is 1. The Labute approximate surface area is 110 Å². The summed E-state index contributed by atoms with van der Waals surface area (Å²) in [5.41, 5.74) is 8.60. The molecule has 1 aromatic carbocycles. The van der Waals surface area contributed by atoms with Crippen LogP contribution in [0.25, 0.3) is 10.9 Å². The van der Waals surface area contributed by atoms with E-state index in [9.17, 15) is 4.79 Å². The maximum Gasteiger partial charge on any atom is 0.315 e. The number of esters is 1. The third kappa shape index (κ3) is 2.73. The highest BCUT2D eigenvalue weighted by atomic mass is 32.2. The molecular weight excluding hydrogens is 248 g/mol. The second kappa shape index (κ2) is 5.73. The number of carbonyl (C=O) groups excluding carboxylic acids is 1. The van der Waals surface area contributed by atoms with Gasteiger partial charge in [0.25, 0.3) is 0 Å². The Morgan fingerprint density at radius 1 is 1.44 bits per heavy atom. The normalized spacial score (nSPS) is 10.5. The summed E-state index contributed by atoms with van der Waals surface area (Å²) in [4.78, 5) is 15.4. The van der Waals surface area contributed by atoms with Crippen LogP contribution >= 0.6 is 11.8 Å². The molecule has 0 radical (unpaired) electrons. The molecule has 0 unspecified atom stereocenters. The molecule has 0 aliphatic carbocycles. The summed E-state index contributed by atoms with van der Waals surface area (Å²) in [6, 6.07) is 7.64. The van der Waals surface area contributed by atoms with Crippen LogP contribution < -0.4 is 5.73 Å². The standard InChI is InChI=1S/C13H14N2O2S/c1-17-12(16)8-18-7-9-4-5-11(14)10-3-2-6-15-13(9)10/h2-6H,7-8,14H2,1H3. The van der Waals surface area contributed by atoms with E-state index in [-0.39, 0.29) is 5.97 Å². The van der Waals surface area contributed by atoms with Crippen molar-refractivity contribution in [1.82, 2.24) is 4.98 Å². The fourth-order valence-corrected chi connectivity index (χ4v) is 2.51. The number of nitrogens with two attached hydrogens (primary N) is 1. The van der Waals surface area contributed by atoms with Crippen molar-refractivity contribution in [3.05, 3.63) is 36.0 Å². The lowest BCUT2D eigenvalue weighted by Gasteiger charge is -2.07. The van der Waals surface area contributed by atoms with Crippen LogP contribution in [-0.2, 0) is 15.3 Å². The second-order valence-corrected chi connectivity index (χ2v) is 4.77. The third-order valence-corrected chi connectivity index (χ3v) is 3.55. The molecule has 94 valence electrons. The van der Waals surface area contributed by atoms with Crippen molar-refractivity contribution >= 4 is 34.3 Å². The molecule has 4 nitrogen and oxygen atoms in total.